The minimum atomic E-state index is -0.256. The molecule has 0 aliphatic heterocycles. The molecule has 0 saturated heterocycles. The molecular weight excluding hydrogens is 274 g/mol. The van der Waals surface area contributed by atoms with Gasteiger partial charge in [0.15, 0.2) is 0 Å². The maximum Gasteiger partial charge on any atom is 0.0352 e. The van der Waals surface area contributed by atoms with Gasteiger partial charge in [-0.2, -0.15) is 0 Å². The van der Waals surface area contributed by atoms with E-state index in [4.69, 9.17) is 5.73 Å². The van der Waals surface area contributed by atoms with Crippen LogP contribution in [-0.2, 0) is 5.54 Å². The van der Waals surface area contributed by atoms with E-state index in [1.807, 2.05) is 0 Å². The van der Waals surface area contributed by atoms with Gasteiger partial charge in [0.05, 0.1) is 0 Å². The molecule has 2 heteroatoms. The summed E-state index contributed by atoms with van der Waals surface area (Å²) in [5.74, 6) is 0.744. The van der Waals surface area contributed by atoms with Crippen LogP contribution in [0.5, 0.6) is 0 Å². The van der Waals surface area contributed by atoms with Crippen LogP contribution in [0.2, 0.25) is 0 Å². The van der Waals surface area contributed by atoms with Crippen LogP contribution in [0.3, 0.4) is 0 Å². The lowest BCUT2D eigenvalue weighted by Crippen LogP contribution is -2.28. The Morgan fingerprint density at radius 3 is 2.35 bits per heavy atom. The smallest absolute Gasteiger partial charge is 0.0352 e. The maximum atomic E-state index is 6.13. The number of benzene rings is 1. The normalized spacial score (nSPS) is 18.4. The third-order valence-electron chi connectivity index (χ3n) is 3.79. The number of halogens is 1. The molecule has 1 nitrogen and oxygen atoms in total. The van der Waals surface area contributed by atoms with Crippen LogP contribution >= 0.6 is 15.9 Å². The van der Waals surface area contributed by atoms with Crippen molar-refractivity contribution in [1.82, 2.24) is 0 Å². The van der Waals surface area contributed by atoms with Crippen molar-refractivity contribution < 1.29 is 0 Å². The number of hydrogen-bond acceptors (Lipinski definition) is 1. The van der Waals surface area contributed by atoms with Crippen LogP contribution in [0.1, 0.15) is 63.0 Å². The summed E-state index contributed by atoms with van der Waals surface area (Å²) in [6.07, 6.45) is 6.83. The van der Waals surface area contributed by atoms with E-state index in [2.05, 4.69) is 48.0 Å². The topological polar surface area (TPSA) is 26.0 Å². The molecular formula is C15H22BrN. The van der Waals surface area contributed by atoms with Crippen molar-refractivity contribution in [3.05, 3.63) is 33.8 Å². The van der Waals surface area contributed by atoms with Gasteiger partial charge < -0.3 is 5.73 Å². The van der Waals surface area contributed by atoms with Crippen LogP contribution in [0, 0.1) is 0 Å². The van der Waals surface area contributed by atoms with Gasteiger partial charge in [0.1, 0.15) is 0 Å². The van der Waals surface area contributed by atoms with Crippen LogP contribution in [0.15, 0.2) is 22.7 Å². The van der Waals surface area contributed by atoms with Crippen molar-refractivity contribution in [3.63, 3.8) is 0 Å². The lowest BCUT2D eigenvalue weighted by atomic mass is 9.83. The first-order valence-corrected chi connectivity index (χ1v) is 7.36. The van der Waals surface area contributed by atoms with E-state index in [1.165, 1.54) is 47.7 Å². The highest BCUT2D eigenvalue weighted by Crippen LogP contribution is 2.37. The molecule has 1 aliphatic rings. The largest absolute Gasteiger partial charge is 0.322 e. The van der Waals surface area contributed by atoms with Crippen molar-refractivity contribution in [3.8, 4) is 0 Å². The summed E-state index contributed by atoms with van der Waals surface area (Å²) in [4.78, 5) is 0. The van der Waals surface area contributed by atoms with Gasteiger partial charge in [0.2, 0.25) is 0 Å². The Bertz CT molecular complexity index is 386. The molecule has 0 radical (unpaired) electrons. The Morgan fingerprint density at radius 1 is 1.18 bits per heavy atom. The Balaban J connectivity index is 2.25. The van der Waals surface area contributed by atoms with Crippen LogP contribution in [-0.4, -0.2) is 0 Å². The van der Waals surface area contributed by atoms with E-state index < -0.39 is 0 Å². The van der Waals surface area contributed by atoms with E-state index in [1.54, 1.807) is 0 Å². The Hall–Kier alpha value is -0.340. The van der Waals surface area contributed by atoms with Crippen molar-refractivity contribution >= 4 is 15.9 Å². The highest BCUT2D eigenvalue weighted by molar-refractivity contribution is 9.10. The summed E-state index contributed by atoms with van der Waals surface area (Å²) in [6, 6.07) is 6.66. The molecule has 1 aromatic rings. The summed E-state index contributed by atoms with van der Waals surface area (Å²) >= 11 is 3.72. The van der Waals surface area contributed by atoms with Gasteiger partial charge in [0, 0.05) is 10.0 Å². The second kappa shape index (κ2) is 5.11. The van der Waals surface area contributed by atoms with Crippen molar-refractivity contribution in [1.29, 1.82) is 0 Å². The average Bonchev–Trinajstić information content (AvgIpc) is 2.29. The number of rotatable bonds is 2. The molecule has 0 aromatic heterocycles. The first kappa shape index (κ1) is 13.1. The van der Waals surface area contributed by atoms with Gasteiger partial charge in [-0.3, -0.25) is 0 Å². The van der Waals surface area contributed by atoms with E-state index in [0.29, 0.717) is 0 Å². The third-order valence-corrected chi connectivity index (χ3v) is 4.48. The Labute approximate surface area is 113 Å². The third kappa shape index (κ3) is 3.11. The first-order valence-electron chi connectivity index (χ1n) is 6.57. The molecule has 0 unspecified atom stereocenters. The minimum absolute atomic E-state index is 0.256. The fraction of sp³-hybridized carbons (Fsp3) is 0.600. The van der Waals surface area contributed by atoms with Gasteiger partial charge in [-0.05, 0) is 49.8 Å². The quantitative estimate of drug-likeness (QED) is 0.841. The Morgan fingerprint density at radius 2 is 1.82 bits per heavy atom. The zero-order valence-electron chi connectivity index (χ0n) is 10.8. The highest BCUT2D eigenvalue weighted by Gasteiger charge is 2.20. The molecule has 0 spiro atoms. The van der Waals surface area contributed by atoms with Crippen LogP contribution in [0.25, 0.3) is 0 Å². The second-order valence-electron chi connectivity index (χ2n) is 5.79. The lowest BCUT2D eigenvalue weighted by Gasteiger charge is -2.25. The first-order chi connectivity index (χ1) is 7.98. The van der Waals surface area contributed by atoms with Crippen LogP contribution in [0.4, 0.5) is 0 Å². The summed E-state index contributed by atoms with van der Waals surface area (Å²) < 4.78 is 1.24. The molecule has 94 valence electrons. The standard InChI is InChI=1S/C15H22BrN/c1-15(2,17)12-8-9-13(14(16)10-12)11-6-4-3-5-7-11/h8-11H,3-7,17H2,1-2H3. The number of hydrogen-bond donors (Lipinski definition) is 1. The van der Waals surface area contributed by atoms with Crippen LogP contribution < -0.4 is 5.73 Å². The van der Waals surface area contributed by atoms with Gasteiger partial charge >= 0.3 is 0 Å². The maximum absolute atomic E-state index is 6.13. The highest BCUT2D eigenvalue weighted by atomic mass is 79.9. The fourth-order valence-corrected chi connectivity index (χ4v) is 3.38. The molecule has 17 heavy (non-hydrogen) atoms. The fourth-order valence-electron chi connectivity index (χ4n) is 2.67. The van der Waals surface area contributed by atoms with Gasteiger partial charge in [0.25, 0.3) is 0 Å². The van der Waals surface area contributed by atoms with Gasteiger partial charge in [-0.1, -0.05) is 47.3 Å². The summed E-state index contributed by atoms with van der Waals surface area (Å²) in [5.41, 5.74) is 8.55. The second-order valence-corrected chi connectivity index (χ2v) is 6.65. The average molecular weight is 296 g/mol. The lowest BCUT2D eigenvalue weighted by molar-refractivity contribution is 0.442. The molecule has 1 aliphatic carbocycles. The molecule has 0 bridgehead atoms. The summed E-state index contributed by atoms with van der Waals surface area (Å²) in [5, 5.41) is 0. The monoisotopic (exact) mass is 295 g/mol. The molecule has 0 atom stereocenters. The molecule has 1 fully saturated rings. The molecule has 1 aromatic carbocycles. The van der Waals surface area contributed by atoms with Gasteiger partial charge in [-0.15, -0.1) is 0 Å². The summed E-state index contributed by atoms with van der Waals surface area (Å²) in [7, 11) is 0. The molecule has 2 rings (SSSR count). The summed E-state index contributed by atoms with van der Waals surface area (Å²) in [6.45, 7) is 4.10. The predicted molar refractivity (Wildman–Crippen MR) is 77.2 cm³/mol. The zero-order chi connectivity index (χ0) is 12.5. The van der Waals surface area contributed by atoms with E-state index >= 15 is 0 Å². The van der Waals surface area contributed by atoms with Gasteiger partial charge in [-0.25, -0.2) is 0 Å². The van der Waals surface area contributed by atoms with Crippen molar-refractivity contribution in [2.75, 3.05) is 0 Å². The van der Waals surface area contributed by atoms with Crippen molar-refractivity contribution in [2.24, 2.45) is 5.73 Å². The molecule has 1 saturated carbocycles. The number of nitrogens with two attached hydrogens (primary N) is 1. The minimum Gasteiger partial charge on any atom is -0.322 e. The molecule has 0 amide bonds. The Kier molecular flexibility index (Phi) is 3.94. The zero-order valence-corrected chi connectivity index (χ0v) is 12.4. The van der Waals surface area contributed by atoms with E-state index in [-0.39, 0.29) is 5.54 Å². The molecule has 0 heterocycles. The SMILES string of the molecule is CC(C)(N)c1ccc(C2CCCCC2)c(Br)c1. The van der Waals surface area contributed by atoms with Crippen molar-refractivity contribution in [2.45, 2.75) is 57.4 Å². The molecule has 2 N–H and O–H groups in total. The van der Waals surface area contributed by atoms with E-state index in [9.17, 15) is 0 Å². The van der Waals surface area contributed by atoms with E-state index in [0.717, 1.165) is 5.92 Å². The predicted octanol–water partition coefficient (Wildman–Crippen LogP) is 4.69.